The molecule has 4 aromatic heterocycles. The van der Waals surface area contributed by atoms with E-state index in [9.17, 15) is 0 Å². The van der Waals surface area contributed by atoms with Crippen LogP contribution in [0.3, 0.4) is 0 Å². The van der Waals surface area contributed by atoms with E-state index in [1.807, 2.05) is 31.3 Å². The zero-order valence-electron chi connectivity index (χ0n) is 11.8. The Hall–Kier alpha value is -2.33. The second kappa shape index (κ2) is 5.58. The van der Waals surface area contributed by atoms with E-state index < -0.39 is 0 Å². The first-order valence-corrected chi connectivity index (χ1v) is 7.02. The topological polar surface area (TPSA) is 57.4 Å². The smallest absolute Gasteiger partial charge is 0.138 e. The molecular weight excluding hydrogens is 284 g/mol. The van der Waals surface area contributed by atoms with Gasteiger partial charge < -0.3 is 9.97 Å². The molecule has 5 heteroatoms. The van der Waals surface area contributed by atoms with Crippen LogP contribution in [-0.4, -0.2) is 19.9 Å². The summed E-state index contributed by atoms with van der Waals surface area (Å²) in [6.07, 6.45) is 5.50. The number of rotatable bonds is 0. The number of pyridine rings is 2. The van der Waals surface area contributed by atoms with Gasteiger partial charge in [0.05, 0.1) is 0 Å². The van der Waals surface area contributed by atoms with E-state index >= 15 is 0 Å². The van der Waals surface area contributed by atoms with E-state index in [1.54, 1.807) is 12.4 Å². The Labute approximate surface area is 127 Å². The van der Waals surface area contributed by atoms with Crippen molar-refractivity contribution in [2.75, 3.05) is 0 Å². The third-order valence-electron chi connectivity index (χ3n) is 3.43. The Kier molecular flexibility index (Phi) is 3.62. The molecular formula is C16H15ClN4. The SMILES string of the molecule is Cc1c(Cl)[nH]c2ncccc12.Cc1c[nH]c2ncccc12. The van der Waals surface area contributed by atoms with E-state index in [1.165, 1.54) is 10.9 Å². The van der Waals surface area contributed by atoms with Gasteiger partial charge >= 0.3 is 0 Å². The number of aromatic nitrogens is 4. The Morgan fingerprint density at radius 3 is 2.29 bits per heavy atom. The minimum absolute atomic E-state index is 0.679. The molecule has 0 aliphatic carbocycles. The maximum Gasteiger partial charge on any atom is 0.138 e. The molecule has 4 rings (SSSR count). The lowest BCUT2D eigenvalue weighted by molar-refractivity contribution is 1.32. The van der Waals surface area contributed by atoms with Crippen molar-refractivity contribution < 1.29 is 0 Å². The lowest BCUT2D eigenvalue weighted by atomic mass is 10.2. The summed E-state index contributed by atoms with van der Waals surface area (Å²) in [5, 5.41) is 2.98. The molecule has 0 atom stereocenters. The number of H-pyrrole nitrogens is 2. The zero-order chi connectivity index (χ0) is 14.8. The molecule has 4 heterocycles. The molecule has 0 unspecified atom stereocenters. The first-order chi connectivity index (χ1) is 10.2. The van der Waals surface area contributed by atoms with Crippen LogP contribution in [0.2, 0.25) is 5.15 Å². The monoisotopic (exact) mass is 298 g/mol. The summed E-state index contributed by atoms with van der Waals surface area (Å²) in [7, 11) is 0. The molecule has 106 valence electrons. The van der Waals surface area contributed by atoms with E-state index in [0.29, 0.717) is 5.15 Å². The van der Waals surface area contributed by atoms with Crippen LogP contribution in [0.25, 0.3) is 22.1 Å². The molecule has 0 saturated heterocycles. The van der Waals surface area contributed by atoms with Crippen molar-refractivity contribution in [1.29, 1.82) is 0 Å². The standard InChI is InChI=1S/C8H7ClN2.C8H8N2/c1-5-6-3-2-4-10-8(6)11-7(5)9;1-6-5-10-8-7(6)3-2-4-9-8/h2-4H,1H3,(H,10,11);2-5H,1H3,(H,9,10). The predicted octanol–water partition coefficient (Wildman–Crippen LogP) is 4.40. The minimum atomic E-state index is 0.679. The number of nitrogens with one attached hydrogen (secondary N) is 2. The molecule has 0 radical (unpaired) electrons. The molecule has 21 heavy (non-hydrogen) atoms. The summed E-state index contributed by atoms with van der Waals surface area (Å²) in [5.41, 5.74) is 4.15. The molecule has 2 N–H and O–H groups in total. The van der Waals surface area contributed by atoms with Crippen LogP contribution < -0.4 is 0 Å². The van der Waals surface area contributed by atoms with Crippen molar-refractivity contribution in [1.82, 2.24) is 19.9 Å². The fourth-order valence-electron chi connectivity index (χ4n) is 2.22. The molecule has 0 aromatic carbocycles. The van der Waals surface area contributed by atoms with Gasteiger partial charge in [0.15, 0.2) is 0 Å². The van der Waals surface area contributed by atoms with E-state index in [2.05, 4.69) is 32.9 Å². The van der Waals surface area contributed by atoms with E-state index in [4.69, 9.17) is 11.6 Å². The van der Waals surface area contributed by atoms with Crippen LogP contribution in [0, 0.1) is 13.8 Å². The number of hydrogen-bond acceptors (Lipinski definition) is 2. The molecule has 0 saturated carbocycles. The predicted molar refractivity (Wildman–Crippen MR) is 86.7 cm³/mol. The second-order valence-electron chi connectivity index (χ2n) is 4.83. The second-order valence-corrected chi connectivity index (χ2v) is 5.21. The van der Waals surface area contributed by atoms with Crippen LogP contribution in [0.4, 0.5) is 0 Å². The van der Waals surface area contributed by atoms with Gasteiger partial charge in [-0.3, -0.25) is 0 Å². The average molecular weight is 299 g/mol. The lowest BCUT2D eigenvalue weighted by Crippen LogP contribution is -1.72. The van der Waals surface area contributed by atoms with E-state index in [-0.39, 0.29) is 0 Å². The first kappa shape index (κ1) is 13.6. The highest BCUT2D eigenvalue weighted by molar-refractivity contribution is 6.31. The normalized spacial score (nSPS) is 10.6. The van der Waals surface area contributed by atoms with Crippen molar-refractivity contribution >= 4 is 33.7 Å². The van der Waals surface area contributed by atoms with Crippen molar-refractivity contribution in [3.8, 4) is 0 Å². The quantitative estimate of drug-likeness (QED) is 0.505. The number of aromatic amines is 2. The van der Waals surface area contributed by atoms with Crippen LogP contribution in [0.5, 0.6) is 0 Å². The number of aryl methyl sites for hydroxylation is 2. The summed E-state index contributed by atoms with van der Waals surface area (Å²) >= 11 is 5.86. The summed E-state index contributed by atoms with van der Waals surface area (Å²) < 4.78 is 0. The highest BCUT2D eigenvalue weighted by Gasteiger charge is 2.03. The van der Waals surface area contributed by atoms with Gasteiger partial charge in [-0.2, -0.15) is 0 Å². The highest BCUT2D eigenvalue weighted by Crippen LogP contribution is 2.22. The molecule has 0 bridgehead atoms. The summed E-state index contributed by atoms with van der Waals surface area (Å²) in [4.78, 5) is 14.3. The largest absolute Gasteiger partial charge is 0.346 e. The molecule has 0 fully saturated rings. The molecule has 0 aliphatic heterocycles. The average Bonchev–Trinajstić information content (AvgIpc) is 3.02. The Balaban J connectivity index is 0.000000126. The zero-order valence-corrected chi connectivity index (χ0v) is 12.6. The first-order valence-electron chi connectivity index (χ1n) is 6.64. The molecule has 4 nitrogen and oxygen atoms in total. The van der Waals surface area contributed by atoms with Gasteiger partial charge in [-0.25, -0.2) is 9.97 Å². The minimum Gasteiger partial charge on any atom is -0.346 e. The van der Waals surface area contributed by atoms with Crippen LogP contribution in [-0.2, 0) is 0 Å². The van der Waals surface area contributed by atoms with Gasteiger partial charge in [-0.15, -0.1) is 0 Å². The highest BCUT2D eigenvalue weighted by atomic mass is 35.5. The van der Waals surface area contributed by atoms with Crippen LogP contribution in [0.15, 0.2) is 42.9 Å². The maximum atomic E-state index is 5.86. The third-order valence-corrected chi connectivity index (χ3v) is 3.81. The molecule has 0 amide bonds. The Morgan fingerprint density at radius 2 is 1.62 bits per heavy atom. The number of halogens is 1. The van der Waals surface area contributed by atoms with Gasteiger partial charge in [0.25, 0.3) is 0 Å². The Bertz CT molecular complexity index is 891. The lowest BCUT2D eigenvalue weighted by Gasteiger charge is -1.86. The Morgan fingerprint density at radius 1 is 0.952 bits per heavy atom. The fourth-order valence-corrected chi connectivity index (χ4v) is 2.41. The molecule has 4 aromatic rings. The van der Waals surface area contributed by atoms with Crippen molar-refractivity contribution in [3.63, 3.8) is 0 Å². The van der Waals surface area contributed by atoms with Gasteiger partial charge in [-0.05, 0) is 49.2 Å². The third kappa shape index (κ3) is 2.62. The van der Waals surface area contributed by atoms with Crippen molar-refractivity contribution in [3.05, 3.63) is 59.1 Å². The van der Waals surface area contributed by atoms with Gasteiger partial charge in [0.1, 0.15) is 16.4 Å². The van der Waals surface area contributed by atoms with E-state index in [0.717, 1.165) is 22.2 Å². The molecule has 0 spiro atoms. The van der Waals surface area contributed by atoms with Crippen molar-refractivity contribution in [2.24, 2.45) is 0 Å². The number of nitrogens with zero attached hydrogens (tertiary/aromatic N) is 2. The maximum absolute atomic E-state index is 5.86. The molecule has 0 aliphatic rings. The van der Waals surface area contributed by atoms with Crippen LogP contribution in [0.1, 0.15) is 11.1 Å². The number of hydrogen-bond donors (Lipinski definition) is 2. The summed E-state index contributed by atoms with van der Waals surface area (Å²) in [5.74, 6) is 0. The fraction of sp³-hybridized carbons (Fsp3) is 0.125. The number of fused-ring (bicyclic) bond motifs is 2. The van der Waals surface area contributed by atoms with Gasteiger partial charge in [-0.1, -0.05) is 11.6 Å². The van der Waals surface area contributed by atoms with Gasteiger partial charge in [0, 0.05) is 29.4 Å². The summed E-state index contributed by atoms with van der Waals surface area (Å²) in [6.45, 7) is 4.04. The van der Waals surface area contributed by atoms with Crippen LogP contribution >= 0.6 is 11.6 Å². The summed E-state index contributed by atoms with van der Waals surface area (Å²) in [6, 6.07) is 7.91. The van der Waals surface area contributed by atoms with Crippen molar-refractivity contribution in [2.45, 2.75) is 13.8 Å². The van der Waals surface area contributed by atoms with Gasteiger partial charge in [0.2, 0.25) is 0 Å².